The van der Waals surface area contributed by atoms with E-state index in [1.54, 1.807) is 0 Å². The summed E-state index contributed by atoms with van der Waals surface area (Å²) in [5.41, 5.74) is 0.603. The number of carboxylic acid groups (broad SMARTS) is 1. The number of nitrogens with zero attached hydrogens (tertiary/aromatic N) is 1. The molecule has 0 saturated heterocycles. The van der Waals surface area contributed by atoms with Crippen LogP contribution < -0.4 is 16.2 Å². The third kappa shape index (κ3) is 4.07. The number of carbonyl (C=O) groups is 3. The molecular formula is C16H15N3O5. The summed E-state index contributed by atoms with van der Waals surface area (Å²) in [4.78, 5) is 45.8. The Balaban J connectivity index is 2.07. The summed E-state index contributed by atoms with van der Waals surface area (Å²) in [5.74, 6) is -2.13. The zero-order valence-electron chi connectivity index (χ0n) is 12.8. The number of carbonyl (C=O) groups excluding carboxylic acids is 2. The van der Waals surface area contributed by atoms with E-state index in [9.17, 15) is 19.2 Å². The quantitative estimate of drug-likeness (QED) is 0.736. The molecule has 0 radical (unpaired) electrons. The Bertz CT molecular complexity index is 840. The number of amides is 2. The first kappa shape index (κ1) is 16.9. The fourth-order valence-corrected chi connectivity index (χ4v) is 1.95. The molecule has 0 saturated carbocycles. The lowest BCUT2D eigenvalue weighted by atomic mass is 10.2. The van der Waals surface area contributed by atoms with E-state index in [1.165, 1.54) is 54.1 Å². The van der Waals surface area contributed by atoms with Gasteiger partial charge in [0.2, 0.25) is 0 Å². The average molecular weight is 329 g/mol. The number of nitrogens with one attached hydrogen (secondary N) is 2. The van der Waals surface area contributed by atoms with Crippen LogP contribution >= 0.6 is 0 Å². The van der Waals surface area contributed by atoms with Gasteiger partial charge in [0.25, 0.3) is 17.4 Å². The van der Waals surface area contributed by atoms with E-state index in [-0.39, 0.29) is 16.8 Å². The van der Waals surface area contributed by atoms with Crippen LogP contribution in [-0.4, -0.2) is 34.0 Å². The molecule has 0 unspecified atom stereocenters. The topological polar surface area (TPSA) is 118 Å². The number of pyridine rings is 1. The van der Waals surface area contributed by atoms with Gasteiger partial charge in [-0.3, -0.25) is 19.2 Å². The van der Waals surface area contributed by atoms with Gasteiger partial charge >= 0.3 is 5.97 Å². The van der Waals surface area contributed by atoms with Gasteiger partial charge in [-0.25, -0.2) is 0 Å². The lowest BCUT2D eigenvalue weighted by Gasteiger charge is -2.09. The number of rotatable bonds is 5. The van der Waals surface area contributed by atoms with E-state index in [4.69, 9.17) is 5.11 Å². The molecule has 2 aromatic rings. The highest BCUT2D eigenvalue weighted by atomic mass is 16.4. The van der Waals surface area contributed by atoms with E-state index < -0.39 is 24.3 Å². The summed E-state index contributed by atoms with van der Waals surface area (Å²) in [6, 6.07) is 10.3. The number of carboxylic acids is 1. The molecule has 8 nitrogen and oxygen atoms in total. The molecule has 0 spiro atoms. The van der Waals surface area contributed by atoms with Gasteiger partial charge in [-0.2, -0.15) is 0 Å². The van der Waals surface area contributed by atoms with E-state index in [0.29, 0.717) is 5.69 Å². The molecule has 0 atom stereocenters. The van der Waals surface area contributed by atoms with Gasteiger partial charge in [-0.05, 0) is 30.3 Å². The normalized spacial score (nSPS) is 10.0. The average Bonchev–Trinajstić information content (AvgIpc) is 2.55. The Morgan fingerprint density at radius 2 is 1.71 bits per heavy atom. The predicted octanol–water partition coefficient (Wildman–Crippen LogP) is 0.452. The lowest BCUT2D eigenvalue weighted by Crippen LogP contribution is -2.29. The van der Waals surface area contributed by atoms with Gasteiger partial charge in [0.05, 0.1) is 0 Å². The minimum atomic E-state index is -1.14. The highest BCUT2D eigenvalue weighted by molar-refractivity contribution is 6.03. The standard InChI is InChI=1S/C16H15N3O5/c1-19-12(3-2-4-13(19)20)16(24)18-11-7-5-10(6-8-11)15(23)17-9-14(21)22/h2-8H,9H2,1H3,(H,17,23)(H,18,24)(H,21,22). The molecule has 1 aromatic heterocycles. The van der Waals surface area contributed by atoms with Gasteiger partial charge in [0.1, 0.15) is 12.2 Å². The Labute approximate surface area is 136 Å². The van der Waals surface area contributed by atoms with E-state index in [0.717, 1.165) is 0 Å². The number of hydrogen-bond acceptors (Lipinski definition) is 4. The van der Waals surface area contributed by atoms with Crippen LogP contribution in [-0.2, 0) is 11.8 Å². The van der Waals surface area contributed by atoms with Crippen molar-refractivity contribution in [3.8, 4) is 0 Å². The van der Waals surface area contributed by atoms with Crippen molar-refractivity contribution in [3.05, 3.63) is 64.1 Å². The molecule has 1 heterocycles. The first-order valence-corrected chi connectivity index (χ1v) is 6.96. The van der Waals surface area contributed by atoms with Crippen LogP contribution in [0.3, 0.4) is 0 Å². The van der Waals surface area contributed by atoms with Crippen molar-refractivity contribution in [2.45, 2.75) is 0 Å². The Morgan fingerprint density at radius 1 is 1.04 bits per heavy atom. The molecule has 124 valence electrons. The smallest absolute Gasteiger partial charge is 0.322 e. The minimum Gasteiger partial charge on any atom is -0.480 e. The second-order valence-corrected chi connectivity index (χ2v) is 4.92. The zero-order chi connectivity index (χ0) is 17.7. The highest BCUT2D eigenvalue weighted by Gasteiger charge is 2.11. The molecular weight excluding hydrogens is 314 g/mol. The van der Waals surface area contributed by atoms with Crippen molar-refractivity contribution >= 4 is 23.5 Å². The SMILES string of the molecule is Cn1c(C(=O)Nc2ccc(C(=O)NCC(=O)O)cc2)cccc1=O. The predicted molar refractivity (Wildman–Crippen MR) is 86.0 cm³/mol. The first-order chi connectivity index (χ1) is 11.4. The monoisotopic (exact) mass is 329 g/mol. The highest BCUT2D eigenvalue weighted by Crippen LogP contribution is 2.11. The molecule has 0 aliphatic rings. The molecule has 0 fully saturated rings. The van der Waals surface area contributed by atoms with Gasteiger partial charge in [-0.15, -0.1) is 0 Å². The Morgan fingerprint density at radius 3 is 2.33 bits per heavy atom. The summed E-state index contributed by atoms with van der Waals surface area (Å²) in [5, 5.41) is 13.4. The van der Waals surface area contributed by atoms with E-state index in [2.05, 4.69) is 10.6 Å². The lowest BCUT2D eigenvalue weighted by molar-refractivity contribution is -0.135. The minimum absolute atomic E-state index is 0.200. The fraction of sp³-hybridized carbons (Fsp3) is 0.125. The Kier molecular flexibility index (Phi) is 5.10. The van der Waals surface area contributed by atoms with Crippen LogP contribution in [0.2, 0.25) is 0 Å². The van der Waals surface area contributed by atoms with Gasteiger partial charge < -0.3 is 20.3 Å². The summed E-state index contributed by atoms with van der Waals surface area (Å²) in [6.07, 6.45) is 0. The Hall–Kier alpha value is -3.42. The number of anilines is 1. The van der Waals surface area contributed by atoms with Crippen molar-refractivity contribution in [2.24, 2.45) is 7.05 Å². The van der Waals surface area contributed by atoms with Crippen LogP contribution in [0.4, 0.5) is 5.69 Å². The van der Waals surface area contributed by atoms with Crippen LogP contribution in [0.5, 0.6) is 0 Å². The third-order valence-corrected chi connectivity index (χ3v) is 3.22. The van der Waals surface area contributed by atoms with Crippen molar-refractivity contribution in [2.75, 3.05) is 11.9 Å². The maximum Gasteiger partial charge on any atom is 0.322 e. The first-order valence-electron chi connectivity index (χ1n) is 6.96. The molecule has 0 aliphatic carbocycles. The zero-order valence-corrected chi connectivity index (χ0v) is 12.8. The van der Waals surface area contributed by atoms with Crippen molar-refractivity contribution in [1.82, 2.24) is 9.88 Å². The number of benzene rings is 1. The molecule has 24 heavy (non-hydrogen) atoms. The molecule has 2 rings (SSSR count). The molecule has 0 aliphatic heterocycles. The van der Waals surface area contributed by atoms with Crippen LogP contribution in [0, 0.1) is 0 Å². The van der Waals surface area contributed by atoms with E-state index in [1.807, 2.05) is 0 Å². The number of aliphatic carboxylic acids is 1. The van der Waals surface area contributed by atoms with Gasteiger partial charge in [-0.1, -0.05) is 6.07 Å². The molecule has 8 heteroatoms. The van der Waals surface area contributed by atoms with Crippen LogP contribution in [0.1, 0.15) is 20.8 Å². The molecule has 0 bridgehead atoms. The van der Waals surface area contributed by atoms with Crippen molar-refractivity contribution in [3.63, 3.8) is 0 Å². The summed E-state index contributed by atoms with van der Waals surface area (Å²) in [6.45, 7) is -0.473. The molecule has 3 N–H and O–H groups in total. The van der Waals surface area contributed by atoms with Crippen molar-refractivity contribution in [1.29, 1.82) is 0 Å². The second-order valence-electron chi connectivity index (χ2n) is 4.92. The molecule has 1 aromatic carbocycles. The van der Waals surface area contributed by atoms with Gasteiger partial charge in [0, 0.05) is 24.4 Å². The van der Waals surface area contributed by atoms with Crippen molar-refractivity contribution < 1.29 is 19.5 Å². The van der Waals surface area contributed by atoms with Gasteiger partial charge in [0.15, 0.2) is 0 Å². The van der Waals surface area contributed by atoms with Crippen LogP contribution in [0.15, 0.2) is 47.3 Å². The number of aromatic nitrogens is 1. The maximum atomic E-state index is 12.2. The third-order valence-electron chi connectivity index (χ3n) is 3.22. The second kappa shape index (κ2) is 7.23. The largest absolute Gasteiger partial charge is 0.480 e. The molecule has 2 amide bonds. The summed E-state index contributed by atoms with van der Waals surface area (Å²) in [7, 11) is 1.49. The maximum absolute atomic E-state index is 12.2. The number of hydrogen-bond donors (Lipinski definition) is 3. The summed E-state index contributed by atoms with van der Waals surface area (Å²) < 4.78 is 1.23. The summed E-state index contributed by atoms with van der Waals surface area (Å²) >= 11 is 0. The van der Waals surface area contributed by atoms with Crippen LogP contribution in [0.25, 0.3) is 0 Å². The van der Waals surface area contributed by atoms with E-state index >= 15 is 0 Å². The fourth-order valence-electron chi connectivity index (χ4n) is 1.95.